The van der Waals surface area contributed by atoms with Crippen LogP contribution in [0.25, 0.3) is 0 Å². The van der Waals surface area contributed by atoms with Gasteiger partial charge in [-0.3, -0.25) is 14.7 Å². The van der Waals surface area contributed by atoms with Gasteiger partial charge in [-0.15, -0.1) is 0 Å². The molecule has 0 saturated carbocycles. The van der Waals surface area contributed by atoms with E-state index in [9.17, 15) is 14.4 Å². The first-order valence-corrected chi connectivity index (χ1v) is 6.33. The van der Waals surface area contributed by atoms with Crippen LogP contribution in [0.2, 0.25) is 0 Å². The molecule has 0 unspecified atom stereocenters. The molecule has 0 spiro atoms. The Kier molecular flexibility index (Phi) is 3.23. The van der Waals surface area contributed by atoms with Crippen molar-refractivity contribution >= 4 is 17.8 Å². The molecular weight excluding hydrogens is 274 g/mol. The molecular formula is C14H11N3O4. The highest BCUT2D eigenvalue weighted by atomic mass is 16.7. The van der Waals surface area contributed by atoms with Gasteiger partial charge >= 0.3 is 5.97 Å². The monoisotopic (exact) mass is 285 g/mol. The van der Waals surface area contributed by atoms with Crippen LogP contribution in [0, 0.1) is 0 Å². The van der Waals surface area contributed by atoms with Crippen molar-refractivity contribution in [3.63, 3.8) is 0 Å². The molecule has 0 atom stereocenters. The van der Waals surface area contributed by atoms with E-state index < -0.39 is 17.8 Å². The smallest absolute Gasteiger partial charge is 0.330 e. The van der Waals surface area contributed by atoms with E-state index in [1.165, 1.54) is 12.1 Å². The molecule has 0 radical (unpaired) electrons. The molecule has 1 aromatic carbocycles. The Morgan fingerprint density at radius 1 is 1.19 bits per heavy atom. The highest BCUT2D eigenvalue weighted by Crippen LogP contribution is 2.22. The molecule has 0 saturated heterocycles. The minimum atomic E-state index is -0.647. The summed E-state index contributed by atoms with van der Waals surface area (Å²) in [6, 6.07) is 6.34. The largest absolute Gasteiger partial charge is 0.333 e. The van der Waals surface area contributed by atoms with Gasteiger partial charge in [-0.25, -0.2) is 4.79 Å². The predicted molar refractivity (Wildman–Crippen MR) is 69.9 cm³/mol. The highest BCUT2D eigenvalue weighted by molar-refractivity contribution is 6.20. The number of hydroxylamine groups is 2. The van der Waals surface area contributed by atoms with E-state index in [0.29, 0.717) is 11.5 Å². The second-order valence-electron chi connectivity index (χ2n) is 4.52. The van der Waals surface area contributed by atoms with Crippen LogP contribution in [0.5, 0.6) is 0 Å². The summed E-state index contributed by atoms with van der Waals surface area (Å²) in [5, 5.41) is 6.91. The van der Waals surface area contributed by atoms with Crippen LogP contribution in [0.3, 0.4) is 0 Å². The van der Waals surface area contributed by atoms with Gasteiger partial charge in [0.2, 0.25) is 0 Å². The number of benzene rings is 1. The molecule has 1 aliphatic heterocycles. The number of aryl methyl sites for hydroxylation is 1. The van der Waals surface area contributed by atoms with Crippen molar-refractivity contribution in [1.29, 1.82) is 0 Å². The number of H-pyrrole nitrogens is 1. The normalized spacial score (nSPS) is 13.4. The molecule has 2 heterocycles. The minimum absolute atomic E-state index is 0.0486. The van der Waals surface area contributed by atoms with E-state index in [-0.39, 0.29) is 17.5 Å². The van der Waals surface area contributed by atoms with E-state index in [2.05, 4.69) is 10.2 Å². The maximum atomic E-state index is 12.0. The van der Waals surface area contributed by atoms with Gasteiger partial charge in [0.1, 0.15) is 0 Å². The molecule has 2 amide bonds. The molecule has 1 aromatic heterocycles. The number of fused-ring (bicyclic) bond motifs is 1. The first kappa shape index (κ1) is 13.0. The maximum absolute atomic E-state index is 12.0. The molecule has 0 bridgehead atoms. The van der Waals surface area contributed by atoms with Gasteiger partial charge in [-0.1, -0.05) is 17.2 Å². The average Bonchev–Trinajstić information content (AvgIpc) is 3.09. The van der Waals surface area contributed by atoms with Crippen molar-refractivity contribution in [2.24, 2.45) is 0 Å². The SMILES string of the molecule is O=C(CCc1cn[nH]c1)ON1C(=O)c2ccccc2C1=O. The number of imide groups is 1. The Labute approximate surface area is 119 Å². The molecule has 7 heteroatoms. The van der Waals surface area contributed by atoms with Gasteiger partial charge in [0, 0.05) is 6.20 Å². The van der Waals surface area contributed by atoms with E-state index in [1.54, 1.807) is 24.5 Å². The average molecular weight is 285 g/mol. The Bertz CT molecular complexity index is 674. The third kappa shape index (κ3) is 2.40. The third-order valence-corrected chi connectivity index (χ3v) is 3.12. The number of aromatic nitrogens is 2. The van der Waals surface area contributed by atoms with Gasteiger partial charge in [-0.2, -0.15) is 5.10 Å². The van der Waals surface area contributed by atoms with Crippen LogP contribution in [0.15, 0.2) is 36.7 Å². The molecule has 1 N–H and O–H groups in total. The van der Waals surface area contributed by atoms with Gasteiger partial charge in [0.25, 0.3) is 11.8 Å². The van der Waals surface area contributed by atoms with Gasteiger partial charge in [-0.05, 0) is 24.1 Å². The van der Waals surface area contributed by atoms with Crippen LogP contribution >= 0.6 is 0 Å². The van der Waals surface area contributed by atoms with Crippen molar-refractivity contribution < 1.29 is 19.2 Å². The standard InChI is InChI=1S/C14H11N3O4/c18-12(6-5-9-7-15-16-8-9)21-17-13(19)10-3-1-2-4-11(10)14(17)20/h1-4,7-8H,5-6H2,(H,15,16). The van der Waals surface area contributed by atoms with E-state index in [1.807, 2.05) is 0 Å². The second-order valence-corrected chi connectivity index (χ2v) is 4.52. The fourth-order valence-corrected chi connectivity index (χ4v) is 2.06. The Morgan fingerprint density at radius 2 is 1.86 bits per heavy atom. The lowest BCUT2D eigenvalue weighted by atomic mass is 10.1. The number of carbonyl (C=O) groups is 3. The number of nitrogens with zero attached hydrogens (tertiary/aromatic N) is 2. The molecule has 2 aromatic rings. The molecule has 3 rings (SSSR count). The third-order valence-electron chi connectivity index (χ3n) is 3.12. The van der Waals surface area contributed by atoms with Crippen molar-refractivity contribution in [1.82, 2.24) is 15.3 Å². The summed E-state index contributed by atoms with van der Waals surface area (Å²) < 4.78 is 0. The molecule has 106 valence electrons. The number of rotatable bonds is 4. The number of hydrogen-bond acceptors (Lipinski definition) is 5. The van der Waals surface area contributed by atoms with E-state index in [4.69, 9.17) is 4.84 Å². The van der Waals surface area contributed by atoms with Crippen LogP contribution < -0.4 is 0 Å². The summed E-state index contributed by atoms with van der Waals surface area (Å²) in [4.78, 5) is 40.6. The topological polar surface area (TPSA) is 92.4 Å². The van der Waals surface area contributed by atoms with Crippen LogP contribution in [0.4, 0.5) is 0 Å². The predicted octanol–water partition coefficient (Wildman–Crippen LogP) is 1.10. The number of hydrogen-bond donors (Lipinski definition) is 1. The summed E-state index contributed by atoms with van der Waals surface area (Å²) in [5.74, 6) is -1.88. The van der Waals surface area contributed by atoms with E-state index >= 15 is 0 Å². The molecule has 1 aliphatic rings. The number of nitrogens with one attached hydrogen (secondary N) is 1. The van der Waals surface area contributed by atoms with E-state index in [0.717, 1.165) is 5.56 Å². The summed E-state index contributed by atoms with van der Waals surface area (Å²) in [6.45, 7) is 0. The number of aromatic amines is 1. The van der Waals surface area contributed by atoms with Crippen molar-refractivity contribution in [3.8, 4) is 0 Å². The van der Waals surface area contributed by atoms with Gasteiger partial charge in [0.05, 0.1) is 23.7 Å². The lowest BCUT2D eigenvalue weighted by Gasteiger charge is -2.12. The number of amides is 2. The Balaban J connectivity index is 1.65. The molecule has 0 aliphatic carbocycles. The van der Waals surface area contributed by atoms with Crippen molar-refractivity contribution in [3.05, 3.63) is 53.3 Å². The second kappa shape index (κ2) is 5.20. The quantitative estimate of drug-likeness (QED) is 0.849. The van der Waals surface area contributed by atoms with Gasteiger partial charge in [0.15, 0.2) is 0 Å². The summed E-state index contributed by atoms with van der Waals surface area (Å²) in [5.41, 5.74) is 1.32. The zero-order valence-electron chi connectivity index (χ0n) is 10.9. The Hall–Kier alpha value is -2.96. The lowest BCUT2D eigenvalue weighted by Crippen LogP contribution is -2.32. The zero-order chi connectivity index (χ0) is 14.8. The molecule has 0 fully saturated rings. The van der Waals surface area contributed by atoms with Crippen molar-refractivity contribution in [2.75, 3.05) is 0 Å². The fraction of sp³-hybridized carbons (Fsp3) is 0.143. The van der Waals surface area contributed by atoms with Crippen LogP contribution in [-0.4, -0.2) is 33.0 Å². The first-order chi connectivity index (χ1) is 10.2. The first-order valence-electron chi connectivity index (χ1n) is 6.33. The number of carbonyl (C=O) groups excluding carboxylic acids is 3. The lowest BCUT2D eigenvalue weighted by molar-refractivity contribution is -0.168. The summed E-state index contributed by atoms with van der Waals surface area (Å²) in [6.07, 6.45) is 3.72. The van der Waals surface area contributed by atoms with Crippen LogP contribution in [0.1, 0.15) is 32.7 Å². The summed E-state index contributed by atoms with van der Waals surface area (Å²) in [7, 11) is 0. The minimum Gasteiger partial charge on any atom is -0.330 e. The van der Waals surface area contributed by atoms with Crippen LogP contribution in [-0.2, 0) is 16.1 Å². The maximum Gasteiger partial charge on any atom is 0.333 e. The molecule has 7 nitrogen and oxygen atoms in total. The summed E-state index contributed by atoms with van der Waals surface area (Å²) >= 11 is 0. The fourth-order valence-electron chi connectivity index (χ4n) is 2.06. The molecule has 21 heavy (non-hydrogen) atoms. The van der Waals surface area contributed by atoms with Gasteiger partial charge < -0.3 is 4.84 Å². The Morgan fingerprint density at radius 3 is 2.43 bits per heavy atom. The highest BCUT2D eigenvalue weighted by Gasteiger charge is 2.38. The zero-order valence-corrected chi connectivity index (χ0v) is 10.9. The van der Waals surface area contributed by atoms with Crippen molar-refractivity contribution in [2.45, 2.75) is 12.8 Å².